The molecule has 0 spiro atoms. The summed E-state index contributed by atoms with van der Waals surface area (Å²) in [6.45, 7) is 2.02. The summed E-state index contributed by atoms with van der Waals surface area (Å²) in [5, 5.41) is 9.87. The van der Waals surface area contributed by atoms with Gasteiger partial charge in [0, 0.05) is 23.0 Å². The number of benzene rings is 1. The fraction of sp³-hybridized carbons (Fsp3) is 0.143. The first-order valence-corrected chi connectivity index (χ1v) is 5.66. The number of aryl methyl sites for hydroxylation is 1. The number of hydrogen-bond acceptors (Lipinski definition) is 2. The summed E-state index contributed by atoms with van der Waals surface area (Å²) < 4.78 is 0. The Balaban J connectivity index is 2.45. The van der Waals surface area contributed by atoms with Gasteiger partial charge >= 0.3 is 0 Å². The molecule has 0 amide bonds. The largest absolute Gasteiger partial charge is 0.264 e. The Morgan fingerprint density at radius 2 is 1.94 bits per heavy atom. The molecule has 0 radical (unpaired) electrons. The third-order valence-electron chi connectivity index (χ3n) is 2.65. The van der Waals surface area contributed by atoms with Crippen LogP contribution in [-0.2, 0) is 0 Å². The lowest BCUT2D eigenvalue weighted by Gasteiger charge is -2.11. The molecule has 2 nitrogen and oxygen atoms in total. The van der Waals surface area contributed by atoms with Crippen molar-refractivity contribution in [3.05, 3.63) is 64.4 Å². The van der Waals surface area contributed by atoms with E-state index in [-0.39, 0.29) is 5.92 Å². The summed E-state index contributed by atoms with van der Waals surface area (Å²) in [6.07, 6.45) is 3.27. The molecule has 0 aliphatic carbocycles. The van der Waals surface area contributed by atoms with E-state index in [4.69, 9.17) is 11.6 Å². The van der Waals surface area contributed by atoms with E-state index in [9.17, 15) is 5.26 Å². The fourth-order valence-electron chi connectivity index (χ4n) is 1.68. The lowest BCUT2D eigenvalue weighted by molar-refractivity contribution is 1.02. The second kappa shape index (κ2) is 4.99. The number of aromatic nitrogens is 1. The van der Waals surface area contributed by atoms with Gasteiger partial charge in [0.1, 0.15) is 0 Å². The normalized spacial score (nSPS) is 11.8. The second-order valence-corrected chi connectivity index (χ2v) is 4.28. The van der Waals surface area contributed by atoms with Crippen LogP contribution >= 0.6 is 11.6 Å². The minimum Gasteiger partial charge on any atom is -0.264 e. The number of nitriles is 1. The van der Waals surface area contributed by atoms with E-state index in [0.29, 0.717) is 5.02 Å². The van der Waals surface area contributed by atoms with Crippen LogP contribution in [0.25, 0.3) is 0 Å². The number of pyridine rings is 1. The van der Waals surface area contributed by atoms with E-state index >= 15 is 0 Å². The van der Waals surface area contributed by atoms with Gasteiger partial charge in [0.15, 0.2) is 0 Å². The molecule has 0 saturated carbocycles. The highest BCUT2D eigenvalue weighted by molar-refractivity contribution is 6.31. The van der Waals surface area contributed by atoms with E-state index in [1.54, 1.807) is 18.5 Å². The number of hydrogen-bond donors (Lipinski definition) is 0. The zero-order chi connectivity index (χ0) is 12.3. The first-order chi connectivity index (χ1) is 8.22. The van der Waals surface area contributed by atoms with Gasteiger partial charge in [-0.25, -0.2) is 0 Å². The third kappa shape index (κ3) is 2.46. The van der Waals surface area contributed by atoms with Gasteiger partial charge in [-0.3, -0.25) is 4.98 Å². The molecule has 0 fully saturated rings. The predicted molar refractivity (Wildman–Crippen MR) is 67.9 cm³/mol. The van der Waals surface area contributed by atoms with E-state index in [0.717, 1.165) is 11.1 Å². The predicted octanol–water partition coefficient (Wildman–Crippen LogP) is 3.70. The van der Waals surface area contributed by atoms with Crippen molar-refractivity contribution in [1.82, 2.24) is 4.98 Å². The van der Waals surface area contributed by atoms with Gasteiger partial charge in [0.25, 0.3) is 0 Å². The van der Waals surface area contributed by atoms with Crippen LogP contribution in [-0.4, -0.2) is 4.98 Å². The Hall–Kier alpha value is -1.85. The van der Waals surface area contributed by atoms with Crippen molar-refractivity contribution < 1.29 is 0 Å². The molecule has 3 heteroatoms. The van der Waals surface area contributed by atoms with Crippen LogP contribution in [0.5, 0.6) is 0 Å². The molecule has 1 aromatic carbocycles. The molecule has 2 rings (SSSR count). The second-order valence-electron chi connectivity index (χ2n) is 3.87. The van der Waals surface area contributed by atoms with Crippen molar-refractivity contribution in [3.8, 4) is 6.07 Å². The van der Waals surface area contributed by atoms with Gasteiger partial charge in [0.05, 0.1) is 12.0 Å². The van der Waals surface area contributed by atoms with Gasteiger partial charge in [-0.2, -0.15) is 5.26 Å². The summed E-state index contributed by atoms with van der Waals surface area (Å²) in [7, 11) is 0. The molecule has 0 unspecified atom stereocenters. The third-order valence-corrected chi connectivity index (χ3v) is 2.99. The number of halogens is 1. The van der Waals surface area contributed by atoms with E-state index in [1.807, 2.05) is 31.2 Å². The highest BCUT2D eigenvalue weighted by Gasteiger charge is 2.16. The minimum absolute atomic E-state index is 0.364. The summed E-state index contributed by atoms with van der Waals surface area (Å²) in [5.74, 6) is -0.364. The standard InChI is InChI=1S/C14H11ClN2/c1-10-2-4-11(5-3-10)12(8-16)13-9-17-7-6-14(13)15/h2-7,9,12H,1H3/t12-/m1/s1. The van der Waals surface area contributed by atoms with Crippen LogP contribution in [0.15, 0.2) is 42.7 Å². The fourth-order valence-corrected chi connectivity index (χ4v) is 1.90. The van der Waals surface area contributed by atoms with Crippen molar-refractivity contribution in [3.63, 3.8) is 0 Å². The highest BCUT2D eigenvalue weighted by Crippen LogP contribution is 2.28. The average molecular weight is 243 g/mol. The topological polar surface area (TPSA) is 36.7 Å². The van der Waals surface area contributed by atoms with Crippen molar-refractivity contribution >= 4 is 11.6 Å². The molecular formula is C14H11ClN2. The van der Waals surface area contributed by atoms with Gasteiger partial charge < -0.3 is 0 Å². The molecule has 0 saturated heterocycles. The monoisotopic (exact) mass is 242 g/mol. The van der Waals surface area contributed by atoms with Crippen molar-refractivity contribution in [2.75, 3.05) is 0 Å². The van der Waals surface area contributed by atoms with Gasteiger partial charge in [-0.15, -0.1) is 0 Å². The molecule has 1 aromatic heterocycles. The molecule has 0 bridgehead atoms. The van der Waals surface area contributed by atoms with Crippen LogP contribution in [0.2, 0.25) is 5.02 Å². The van der Waals surface area contributed by atoms with E-state index in [2.05, 4.69) is 11.1 Å². The molecule has 0 aliphatic heterocycles. The quantitative estimate of drug-likeness (QED) is 0.805. The average Bonchev–Trinajstić information content (AvgIpc) is 2.35. The summed E-state index contributed by atoms with van der Waals surface area (Å²) >= 11 is 6.09. The Morgan fingerprint density at radius 1 is 1.24 bits per heavy atom. The van der Waals surface area contributed by atoms with E-state index < -0.39 is 0 Å². The van der Waals surface area contributed by atoms with Crippen LogP contribution < -0.4 is 0 Å². The Kier molecular flexibility index (Phi) is 3.41. The lowest BCUT2D eigenvalue weighted by Crippen LogP contribution is -1.99. The summed E-state index contributed by atoms with van der Waals surface area (Å²) in [4.78, 5) is 4.02. The first kappa shape index (κ1) is 11.6. The maximum absolute atomic E-state index is 9.29. The van der Waals surface area contributed by atoms with Crippen LogP contribution in [0, 0.1) is 18.3 Å². The van der Waals surface area contributed by atoms with Crippen molar-refractivity contribution in [2.45, 2.75) is 12.8 Å². The van der Waals surface area contributed by atoms with Gasteiger partial charge in [-0.1, -0.05) is 41.4 Å². The molecule has 0 aliphatic rings. The Morgan fingerprint density at radius 3 is 2.53 bits per heavy atom. The number of rotatable bonds is 2. The van der Waals surface area contributed by atoms with Crippen LogP contribution in [0.1, 0.15) is 22.6 Å². The van der Waals surface area contributed by atoms with Crippen molar-refractivity contribution in [1.29, 1.82) is 5.26 Å². The highest BCUT2D eigenvalue weighted by atomic mass is 35.5. The Labute approximate surface area is 105 Å². The van der Waals surface area contributed by atoms with Crippen LogP contribution in [0.4, 0.5) is 0 Å². The van der Waals surface area contributed by atoms with Gasteiger partial charge in [0.2, 0.25) is 0 Å². The SMILES string of the molecule is Cc1ccc([C@@H](C#N)c2cnccc2Cl)cc1. The van der Waals surface area contributed by atoms with Crippen LogP contribution in [0.3, 0.4) is 0 Å². The molecule has 2 aromatic rings. The first-order valence-electron chi connectivity index (χ1n) is 5.28. The minimum atomic E-state index is -0.364. The zero-order valence-electron chi connectivity index (χ0n) is 9.39. The van der Waals surface area contributed by atoms with Crippen molar-refractivity contribution in [2.24, 2.45) is 0 Å². The molecule has 0 N–H and O–H groups in total. The molecule has 1 atom stereocenters. The maximum Gasteiger partial charge on any atom is 0.0991 e. The summed E-state index contributed by atoms with van der Waals surface area (Å²) in [6, 6.07) is 11.9. The molecule has 84 valence electrons. The Bertz CT molecular complexity index is 555. The molecule has 17 heavy (non-hydrogen) atoms. The number of nitrogens with zero attached hydrogens (tertiary/aromatic N) is 2. The summed E-state index contributed by atoms with van der Waals surface area (Å²) in [5.41, 5.74) is 2.86. The van der Waals surface area contributed by atoms with E-state index in [1.165, 1.54) is 5.56 Å². The maximum atomic E-state index is 9.29. The smallest absolute Gasteiger partial charge is 0.0991 e. The van der Waals surface area contributed by atoms with Gasteiger partial charge in [-0.05, 0) is 18.6 Å². The lowest BCUT2D eigenvalue weighted by atomic mass is 9.93. The molecule has 1 heterocycles. The zero-order valence-corrected chi connectivity index (χ0v) is 10.1. The molecular weight excluding hydrogens is 232 g/mol.